The Morgan fingerprint density at radius 2 is 2.17 bits per heavy atom. The van der Waals surface area contributed by atoms with E-state index in [9.17, 15) is 9.59 Å². The molecule has 0 unspecified atom stereocenters. The van der Waals surface area contributed by atoms with Crippen LogP contribution in [0, 0.1) is 0 Å². The quantitative estimate of drug-likeness (QED) is 0.426. The van der Waals surface area contributed by atoms with Crippen molar-refractivity contribution in [1.82, 2.24) is 5.32 Å². The van der Waals surface area contributed by atoms with Gasteiger partial charge in [-0.1, -0.05) is 25.1 Å². The summed E-state index contributed by atoms with van der Waals surface area (Å²) in [6, 6.07) is 7.44. The molecule has 1 fully saturated rings. The van der Waals surface area contributed by atoms with Crippen molar-refractivity contribution in [3.05, 3.63) is 29.8 Å². The van der Waals surface area contributed by atoms with Crippen LogP contribution in [0.2, 0.25) is 0 Å². The molecule has 0 aromatic heterocycles. The standard InChI is InChI=1S/C16H19N3O4S/c1-2-3-8-23-12-6-4-11(5-7-12)10-17-19-16-18-15(22)13(24-16)9-14(20)21/h4-7,10,13H,2-3,8-9H2,1H3,(H,20,21)(H,18,19,22)/t13-/m1/s1. The molecule has 1 heterocycles. The number of benzene rings is 1. The Balaban J connectivity index is 1.87. The lowest BCUT2D eigenvalue weighted by molar-refractivity contribution is -0.138. The fourth-order valence-corrected chi connectivity index (χ4v) is 2.79. The summed E-state index contributed by atoms with van der Waals surface area (Å²) in [7, 11) is 0. The van der Waals surface area contributed by atoms with Gasteiger partial charge in [-0.05, 0) is 36.2 Å². The van der Waals surface area contributed by atoms with Gasteiger partial charge < -0.3 is 15.2 Å². The Morgan fingerprint density at radius 3 is 2.83 bits per heavy atom. The highest BCUT2D eigenvalue weighted by atomic mass is 32.2. The largest absolute Gasteiger partial charge is 0.494 e. The number of carbonyl (C=O) groups is 2. The second-order valence-corrected chi connectivity index (χ2v) is 6.31. The number of nitrogens with one attached hydrogen (secondary N) is 1. The molecule has 0 saturated carbocycles. The van der Waals surface area contributed by atoms with Crippen molar-refractivity contribution >= 4 is 35.0 Å². The third kappa shape index (κ3) is 5.69. The maximum Gasteiger partial charge on any atom is 0.305 e. The number of nitrogens with zero attached hydrogens (tertiary/aromatic N) is 2. The van der Waals surface area contributed by atoms with Crippen LogP contribution in [0.1, 0.15) is 31.7 Å². The van der Waals surface area contributed by atoms with Gasteiger partial charge in [0.15, 0.2) is 5.17 Å². The van der Waals surface area contributed by atoms with E-state index in [0.717, 1.165) is 35.9 Å². The third-order valence-corrected chi connectivity index (χ3v) is 4.21. The maximum absolute atomic E-state index is 11.6. The maximum atomic E-state index is 11.6. The molecule has 1 atom stereocenters. The molecule has 128 valence electrons. The molecule has 1 aliphatic rings. The van der Waals surface area contributed by atoms with Gasteiger partial charge in [0.05, 0.1) is 19.2 Å². The molecular weight excluding hydrogens is 330 g/mol. The van der Waals surface area contributed by atoms with Crippen LogP contribution in [-0.4, -0.2) is 40.2 Å². The first-order valence-electron chi connectivity index (χ1n) is 7.61. The van der Waals surface area contributed by atoms with E-state index in [1.807, 2.05) is 24.3 Å². The zero-order valence-electron chi connectivity index (χ0n) is 13.3. The molecule has 2 rings (SSSR count). The van der Waals surface area contributed by atoms with E-state index in [0.29, 0.717) is 11.8 Å². The minimum absolute atomic E-state index is 0.237. The van der Waals surface area contributed by atoms with Gasteiger partial charge in [-0.3, -0.25) is 9.59 Å². The topological polar surface area (TPSA) is 100 Å². The summed E-state index contributed by atoms with van der Waals surface area (Å²) in [4.78, 5) is 22.2. The minimum atomic E-state index is -1.02. The molecule has 1 aromatic carbocycles. The Labute approximate surface area is 144 Å². The van der Waals surface area contributed by atoms with Crippen molar-refractivity contribution in [2.75, 3.05) is 6.61 Å². The lowest BCUT2D eigenvalue weighted by Crippen LogP contribution is -2.26. The summed E-state index contributed by atoms with van der Waals surface area (Å²) in [6.45, 7) is 2.81. The van der Waals surface area contributed by atoms with Gasteiger partial charge in [0, 0.05) is 0 Å². The van der Waals surface area contributed by atoms with Crippen molar-refractivity contribution in [3.8, 4) is 5.75 Å². The molecule has 1 saturated heterocycles. The number of carboxylic acid groups (broad SMARTS) is 1. The summed E-state index contributed by atoms with van der Waals surface area (Å²) in [5, 5.41) is 18.7. The Hall–Kier alpha value is -2.35. The number of carboxylic acids is 1. The second kappa shape index (κ2) is 9.07. The lowest BCUT2D eigenvalue weighted by Gasteiger charge is -2.04. The summed E-state index contributed by atoms with van der Waals surface area (Å²) < 4.78 is 5.57. The number of hydrogen-bond donors (Lipinski definition) is 2. The van der Waals surface area contributed by atoms with E-state index in [-0.39, 0.29) is 12.3 Å². The van der Waals surface area contributed by atoms with Crippen LogP contribution in [-0.2, 0) is 9.59 Å². The first-order chi connectivity index (χ1) is 11.6. The predicted molar refractivity (Wildman–Crippen MR) is 93.6 cm³/mol. The summed E-state index contributed by atoms with van der Waals surface area (Å²) >= 11 is 1.07. The number of aliphatic carboxylic acids is 1. The molecule has 0 bridgehead atoms. The van der Waals surface area contributed by atoms with E-state index < -0.39 is 11.2 Å². The molecule has 1 aromatic rings. The molecule has 8 heteroatoms. The van der Waals surface area contributed by atoms with Crippen LogP contribution in [0.25, 0.3) is 0 Å². The smallest absolute Gasteiger partial charge is 0.305 e. The molecule has 1 amide bonds. The van der Waals surface area contributed by atoms with Gasteiger partial charge in [0.2, 0.25) is 5.91 Å². The zero-order chi connectivity index (χ0) is 17.4. The highest BCUT2D eigenvalue weighted by Crippen LogP contribution is 2.22. The Kier molecular flexibility index (Phi) is 6.80. The summed E-state index contributed by atoms with van der Waals surface area (Å²) in [5.74, 6) is -0.569. The van der Waals surface area contributed by atoms with Crippen LogP contribution < -0.4 is 10.1 Å². The molecule has 7 nitrogen and oxygen atoms in total. The fourth-order valence-electron chi connectivity index (χ4n) is 1.88. The normalized spacial score (nSPS) is 19.0. The van der Waals surface area contributed by atoms with Crippen molar-refractivity contribution in [3.63, 3.8) is 0 Å². The second-order valence-electron chi connectivity index (χ2n) is 5.11. The lowest BCUT2D eigenvalue weighted by atomic mass is 10.2. The number of thioether (sulfide) groups is 1. The fraction of sp³-hybridized carbons (Fsp3) is 0.375. The van der Waals surface area contributed by atoms with E-state index in [2.05, 4.69) is 22.4 Å². The van der Waals surface area contributed by atoms with Crippen molar-refractivity contribution < 1.29 is 19.4 Å². The Morgan fingerprint density at radius 1 is 1.42 bits per heavy atom. The van der Waals surface area contributed by atoms with Gasteiger partial charge in [-0.2, -0.15) is 5.10 Å². The van der Waals surface area contributed by atoms with Gasteiger partial charge >= 0.3 is 5.97 Å². The van der Waals surface area contributed by atoms with Gasteiger partial charge in [-0.15, -0.1) is 5.10 Å². The number of amides is 1. The number of unbranched alkanes of at least 4 members (excludes halogenated alkanes) is 1. The van der Waals surface area contributed by atoms with E-state index in [1.54, 1.807) is 6.21 Å². The van der Waals surface area contributed by atoms with Crippen molar-refractivity contribution in [2.24, 2.45) is 10.2 Å². The van der Waals surface area contributed by atoms with Crippen LogP contribution in [0.4, 0.5) is 0 Å². The van der Waals surface area contributed by atoms with Gasteiger partial charge in [0.1, 0.15) is 11.0 Å². The van der Waals surface area contributed by atoms with E-state index >= 15 is 0 Å². The van der Waals surface area contributed by atoms with Crippen molar-refractivity contribution in [1.29, 1.82) is 0 Å². The molecular formula is C16H19N3O4S. The number of hydrogen-bond acceptors (Lipinski definition) is 6. The molecule has 2 N–H and O–H groups in total. The van der Waals surface area contributed by atoms with Gasteiger partial charge in [0.25, 0.3) is 0 Å². The monoisotopic (exact) mass is 349 g/mol. The molecule has 24 heavy (non-hydrogen) atoms. The molecule has 0 spiro atoms. The van der Waals surface area contributed by atoms with Crippen molar-refractivity contribution in [2.45, 2.75) is 31.4 Å². The molecule has 0 aliphatic carbocycles. The van der Waals surface area contributed by atoms with E-state index in [4.69, 9.17) is 9.84 Å². The van der Waals surface area contributed by atoms with E-state index in [1.165, 1.54) is 0 Å². The summed E-state index contributed by atoms with van der Waals surface area (Å²) in [6.07, 6.45) is 3.43. The van der Waals surface area contributed by atoms with Crippen LogP contribution in [0.3, 0.4) is 0 Å². The SMILES string of the molecule is CCCCOc1ccc(C=NN=C2NC(=O)[C@@H](CC(=O)O)S2)cc1. The Bertz CT molecular complexity index is 643. The van der Waals surface area contributed by atoms with Crippen LogP contribution in [0.5, 0.6) is 5.75 Å². The number of carbonyl (C=O) groups excluding carboxylic acids is 1. The first-order valence-corrected chi connectivity index (χ1v) is 8.49. The number of ether oxygens (including phenoxy) is 1. The average molecular weight is 349 g/mol. The molecule has 1 aliphatic heterocycles. The number of amidine groups is 1. The zero-order valence-corrected chi connectivity index (χ0v) is 14.1. The van der Waals surface area contributed by atoms with Crippen LogP contribution >= 0.6 is 11.8 Å². The highest BCUT2D eigenvalue weighted by Gasteiger charge is 2.32. The average Bonchev–Trinajstić information content (AvgIpc) is 2.88. The van der Waals surface area contributed by atoms with Crippen LogP contribution in [0.15, 0.2) is 34.5 Å². The number of rotatable bonds is 8. The van der Waals surface area contributed by atoms with Gasteiger partial charge in [-0.25, -0.2) is 0 Å². The summed E-state index contributed by atoms with van der Waals surface area (Å²) in [5.41, 5.74) is 0.846. The minimum Gasteiger partial charge on any atom is -0.494 e. The highest BCUT2D eigenvalue weighted by molar-refractivity contribution is 8.15. The first kappa shape index (κ1) is 18.0. The predicted octanol–water partition coefficient (Wildman–Crippen LogP) is 2.26. The molecule has 0 radical (unpaired) electrons. The third-order valence-electron chi connectivity index (χ3n) is 3.14.